The summed E-state index contributed by atoms with van der Waals surface area (Å²) in [4.78, 5) is 0. The molecule has 0 aromatic heterocycles. The van der Waals surface area contributed by atoms with Crippen LogP contribution in [0.3, 0.4) is 0 Å². The van der Waals surface area contributed by atoms with E-state index in [2.05, 4.69) is 44.9 Å². The molecule has 0 aromatic carbocycles. The first kappa shape index (κ1) is 29.3. The van der Waals surface area contributed by atoms with E-state index >= 15 is 0 Å². The van der Waals surface area contributed by atoms with Gasteiger partial charge < -0.3 is 26.5 Å². The van der Waals surface area contributed by atoms with Crippen LogP contribution in [0.2, 0.25) is 0 Å². The van der Waals surface area contributed by atoms with Gasteiger partial charge in [0, 0.05) is 0 Å². The second kappa shape index (κ2) is 37.5. The summed E-state index contributed by atoms with van der Waals surface area (Å²) < 4.78 is 4.07. The van der Waals surface area contributed by atoms with Gasteiger partial charge in [-0.05, 0) is 0 Å². The van der Waals surface area contributed by atoms with E-state index in [0.29, 0.717) is 0 Å². The molecule has 0 atom stereocenters. The maximum absolute atomic E-state index is 5.75. The zero-order chi connectivity index (χ0) is 13.2. The molecule has 91 valence electrons. The molecular weight excluding hydrogens is 253 g/mol. The van der Waals surface area contributed by atoms with E-state index in [4.69, 9.17) is 5.73 Å². The van der Waals surface area contributed by atoms with Crippen LogP contribution in [-0.2, 0) is 20.9 Å². The molecule has 0 amide bonds. The first-order valence-electron chi connectivity index (χ1n) is 4.54. The van der Waals surface area contributed by atoms with Crippen LogP contribution >= 0.6 is 0 Å². The van der Waals surface area contributed by atoms with Gasteiger partial charge in [-0.3, -0.25) is 0 Å². The topological polar surface area (TPSA) is 36.2 Å². The number of nitrogens with one attached hydrogen (secondary N) is 1. The summed E-state index contributed by atoms with van der Waals surface area (Å²) in [5, 5.41) is 0. The molecular formula is C11H28N2Nb-4. The molecule has 14 heavy (non-hydrogen) atoms. The van der Waals surface area contributed by atoms with Crippen molar-refractivity contribution in [3.05, 3.63) is 26.5 Å². The Morgan fingerprint density at radius 1 is 0.857 bits per heavy atom. The minimum Gasteiger partial charge on any atom is -0.680 e. The van der Waals surface area contributed by atoms with E-state index < -0.39 is 0 Å². The molecule has 2 nitrogen and oxygen atoms in total. The molecule has 0 saturated heterocycles. The molecule has 1 N–H and O–H groups in total. The summed E-state index contributed by atoms with van der Waals surface area (Å²) in [6, 6.07) is 0. The van der Waals surface area contributed by atoms with Gasteiger partial charge in [-0.25, -0.2) is 0 Å². The molecule has 0 aliphatic carbocycles. The molecule has 0 unspecified atom stereocenters. The number of hydrogen-bond donors (Lipinski definition) is 0. The first-order chi connectivity index (χ1) is 6.56. The molecule has 3 heteroatoms. The van der Waals surface area contributed by atoms with Gasteiger partial charge in [0.05, 0.1) is 0 Å². The van der Waals surface area contributed by atoms with Crippen LogP contribution in [0, 0.1) is 20.8 Å². The van der Waals surface area contributed by atoms with Gasteiger partial charge in [0.15, 0.2) is 0 Å². The van der Waals surface area contributed by atoms with Crippen molar-refractivity contribution in [2.45, 2.75) is 47.1 Å². The molecule has 0 radical (unpaired) electrons. The van der Waals surface area contributed by atoms with Crippen molar-refractivity contribution in [2.24, 2.45) is 3.34 Å². The zero-order valence-corrected chi connectivity index (χ0v) is 13.2. The summed E-state index contributed by atoms with van der Waals surface area (Å²) in [7, 11) is 1.25. The van der Waals surface area contributed by atoms with Gasteiger partial charge in [-0.1, -0.05) is 0 Å². The maximum Gasteiger partial charge on any atom is -0.164 e. The van der Waals surface area contributed by atoms with Crippen LogP contribution in [0.5, 0.6) is 0 Å². The van der Waals surface area contributed by atoms with Crippen molar-refractivity contribution in [3.63, 3.8) is 0 Å². The third kappa shape index (κ3) is 135. The third-order valence-electron chi connectivity index (χ3n) is 0.300. The van der Waals surface area contributed by atoms with Gasteiger partial charge in [0.1, 0.15) is 0 Å². The molecule has 0 bridgehead atoms. The Morgan fingerprint density at radius 3 is 0.929 bits per heavy atom. The fourth-order valence-corrected chi connectivity index (χ4v) is 0. The van der Waals surface area contributed by atoms with E-state index in [1.807, 2.05) is 0 Å². The second-order valence-electron chi connectivity index (χ2n) is 2.27. The molecule has 0 aliphatic heterocycles. The molecule has 0 aliphatic rings. The van der Waals surface area contributed by atoms with E-state index in [1.54, 1.807) is 20.8 Å². The van der Waals surface area contributed by atoms with Crippen molar-refractivity contribution in [2.75, 3.05) is 7.05 Å². The molecule has 0 heterocycles. The normalized spacial score (nSPS) is 6.43. The van der Waals surface area contributed by atoms with Crippen LogP contribution in [-0.4, -0.2) is 12.6 Å². The molecule has 0 saturated carbocycles. The molecule has 0 aromatic rings. The van der Waals surface area contributed by atoms with E-state index in [-0.39, 0.29) is 5.54 Å². The Labute approximate surface area is 105 Å². The Kier molecular flexibility index (Phi) is 78.4. The fourth-order valence-electron chi connectivity index (χ4n) is 0. The summed E-state index contributed by atoms with van der Waals surface area (Å²) in [6.45, 7) is 21.3. The SMILES string of the molecule is CC(C)(C)[N]=[Nb].C[NH-].[CH2-]C.[CH2-]C.[CH2-]C. The van der Waals surface area contributed by atoms with Crippen molar-refractivity contribution < 1.29 is 20.9 Å². The summed E-state index contributed by atoms with van der Waals surface area (Å²) in [6.07, 6.45) is 0. The first-order valence-corrected chi connectivity index (χ1v) is 5.53. The Bertz CT molecular complexity index is 58.8. The van der Waals surface area contributed by atoms with Crippen molar-refractivity contribution >= 4 is 0 Å². The Hall–Kier alpha value is 0.500. The number of hydrogen-bond acceptors (Lipinski definition) is 1. The summed E-state index contributed by atoms with van der Waals surface area (Å²) in [5.41, 5.74) is 5.94. The predicted octanol–water partition coefficient (Wildman–Crippen LogP) is 4.70. The second-order valence-corrected chi connectivity index (χ2v) is 2.76. The maximum atomic E-state index is 5.75. The predicted molar refractivity (Wildman–Crippen MR) is 65.5 cm³/mol. The van der Waals surface area contributed by atoms with Gasteiger partial charge in [0.25, 0.3) is 0 Å². The minimum absolute atomic E-state index is 0.189. The number of nitrogens with zero attached hydrogens (tertiary/aromatic N) is 1. The van der Waals surface area contributed by atoms with Crippen molar-refractivity contribution in [1.29, 1.82) is 0 Å². The number of rotatable bonds is 0. The van der Waals surface area contributed by atoms with Crippen LogP contribution in [0.25, 0.3) is 5.73 Å². The smallest absolute Gasteiger partial charge is 0.164 e. The quantitative estimate of drug-likeness (QED) is 0.455. The van der Waals surface area contributed by atoms with Crippen LogP contribution < -0.4 is 0 Å². The molecule has 0 rings (SSSR count). The van der Waals surface area contributed by atoms with Crippen LogP contribution in [0.1, 0.15) is 41.5 Å². The summed E-state index contributed by atoms with van der Waals surface area (Å²) >= 11 is 1.52. The van der Waals surface area contributed by atoms with E-state index in [0.717, 1.165) is 0 Å². The fraction of sp³-hybridized carbons (Fsp3) is 0.727. The standard InChI is InChI=1S/C4H9N.3C2H5.CH4N.Nb/c1-4(2,3)5;4*1-2;/h1-3H3;3*1H2,2H3;2H,1H3;/q;4*-1;. The van der Waals surface area contributed by atoms with Crippen LogP contribution in [0.15, 0.2) is 3.34 Å². The Balaban J connectivity index is -0.0000000287. The monoisotopic (exact) mass is 281 g/mol. The molecule has 0 spiro atoms. The molecule has 0 fully saturated rings. The average Bonchev–Trinajstić information content (AvgIpc) is 2.28. The Morgan fingerprint density at radius 2 is 0.929 bits per heavy atom. The van der Waals surface area contributed by atoms with Gasteiger partial charge in [-0.2, -0.15) is 27.8 Å². The largest absolute Gasteiger partial charge is 0.680 e. The van der Waals surface area contributed by atoms with E-state index in [9.17, 15) is 0 Å². The van der Waals surface area contributed by atoms with Crippen molar-refractivity contribution in [1.82, 2.24) is 0 Å². The minimum atomic E-state index is 0.189. The van der Waals surface area contributed by atoms with Gasteiger partial charge in [-0.15, -0.1) is 0 Å². The zero-order valence-electron chi connectivity index (χ0n) is 11.0. The van der Waals surface area contributed by atoms with Crippen molar-refractivity contribution in [3.8, 4) is 0 Å². The van der Waals surface area contributed by atoms with Crippen LogP contribution in [0.4, 0.5) is 0 Å². The average molecular weight is 281 g/mol. The summed E-state index contributed by atoms with van der Waals surface area (Å²) in [5.74, 6) is 0. The third-order valence-corrected chi connectivity index (χ3v) is 1.77. The van der Waals surface area contributed by atoms with E-state index in [1.165, 1.54) is 27.9 Å². The van der Waals surface area contributed by atoms with Gasteiger partial charge >= 0.3 is 50.5 Å². The van der Waals surface area contributed by atoms with Gasteiger partial charge in [0.2, 0.25) is 0 Å².